The van der Waals surface area contributed by atoms with Crippen LogP contribution >= 0.6 is 11.3 Å². The van der Waals surface area contributed by atoms with Crippen molar-refractivity contribution in [2.24, 2.45) is 11.7 Å². The number of carbonyl (C=O) groups excluding carboxylic acids is 2. The fourth-order valence-corrected chi connectivity index (χ4v) is 2.52. The van der Waals surface area contributed by atoms with E-state index in [1.807, 2.05) is 31.4 Å². The lowest BCUT2D eigenvalue weighted by molar-refractivity contribution is -0.141. The molecular weight excluding hydrogens is 276 g/mol. The molecule has 0 fully saturated rings. The van der Waals surface area contributed by atoms with Crippen molar-refractivity contribution in [1.29, 1.82) is 0 Å². The Morgan fingerprint density at radius 3 is 2.70 bits per heavy atom. The fraction of sp³-hybridized carbons (Fsp3) is 0.571. The van der Waals surface area contributed by atoms with Crippen LogP contribution in [0.4, 0.5) is 0 Å². The Morgan fingerprint density at radius 2 is 2.20 bits per heavy atom. The van der Waals surface area contributed by atoms with E-state index in [4.69, 9.17) is 5.73 Å². The van der Waals surface area contributed by atoms with Crippen LogP contribution in [-0.4, -0.2) is 25.0 Å². The van der Waals surface area contributed by atoms with Crippen molar-refractivity contribution in [2.45, 2.75) is 38.8 Å². The van der Waals surface area contributed by atoms with Crippen molar-refractivity contribution < 1.29 is 14.3 Å². The average molecular weight is 298 g/mol. The highest BCUT2D eigenvalue weighted by Gasteiger charge is 2.25. The fourth-order valence-electron chi connectivity index (χ4n) is 1.74. The number of nitrogens with one attached hydrogen (secondary N) is 1. The first-order valence-corrected chi connectivity index (χ1v) is 7.53. The zero-order valence-corrected chi connectivity index (χ0v) is 12.9. The SMILES string of the molecule is CC[C@H](C)[C@H](N)C(=O)NC(CC(=O)OC)c1cccs1. The van der Waals surface area contributed by atoms with Crippen LogP contribution in [0.3, 0.4) is 0 Å². The summed E-state index contributed by atoms with van der Waals surface area (Å²) in [6.07, 6.45) is 0.936. The summed E-state index contributed by atoms with van der Waals surface area (Å²) < 4.78 is 4.67. The maximum Gasteiger partial charge on any atom is 0.307 e. The van der Waals surface area contributed by atoms with Gasteiger partial charge in [-0.05, 0) is 17.4 Å². The van der Waals surface area contributed by atoms with Gasteiger partial charge in [0.15, 0.2) is 0 Å². The molecule has 0 aliphatic heterocycles. The summed E-state index contributed by atoms with van der Waals surface area (Å²) in [5.41, 5.74) is 5.91. The normalized spacial score (nSPS) is 15.2. The van der Waals surface area contributed by atoms with Crippen LogP contribution < -0.4 is 11.1 Å². The standard InChI is InChI=1S/C14H22N2O3S/c1-4-9(2)13(15)14(18)16-10(8-12(17)19-3)11-6-5-7-20-11/h5-7,9-10,13H,4,8,15H2,1-3H3,(H,16,18)/t9-,10?,13-/m0/s1. The second-order valence-corrected chi connectivity index (χ2v) is 5.75. The highest BCUT2D eigenvalue weighted by molar-refractivity contribution is 7.10. The van der Waals surface area contributed by atoms with Crippen molar-refractivity contribution in [3.05, 3.63) is 22.4 Å². The van der Waals surface area contributed by atoms with E-state index >= 15 is 0 Å². The van der Waals surface area contributed by atoms with E-state index < -0.39 is 6.04 Å². The first-order valence-electron chi connectivity index (χ1n) is 6.65. The van der Waals surface area contributed by atoms with Gasteiger partial charge in [-0.1, -0.05) is 26.3 Å². The first-order chi connectivity index (χ1) is 9.49. The summed E-state index contributed by atoms with van der Waals surface area (Å²) in [6.45, 7) is 3.92. The maximum atomic E-state index is 12.1. The van der Waals surface area contributed by atoms with Gasteiger partial charge >= 0.3 is 5.97 Å². The van der Waals surface area contributed by atoms with Crippen molar-refractivity contribution in [3.8, 4) is 0 Å². The van der Waals surface area contributed by atoms with Gasteiger partial charge in [-0.3, -0.25) is 9.59 Å². The van der Waals surface area contributed by atoms with Gasteiger partial charge in [0.25, 0.3) is 0 Å². The number of ether oxygens (including phenoxy) is 1. The van der Waals surface area contributed by atoms with Crippen molar-refractivity contribution >= 4 is 23.2 Å². The molecular formula is C14H22N2O3S. The minimum atomic E-state index is -0.569. The largest absolute Gasteiger partial charge is 0.469 e. The minimum absolute atomic E-state index is 0.0945. The molecule has 1 heterocycles. The lowest BCUT2D eigenvalue weighted by atomic mass is 9.99. The molecule has 0 aromatic carbocycles. The second kappa shape index (κ2) is 8.01. The number of amides is 1. The molecule has 0 spiro atoms. The van der Waals surface area contributed by atoms with Crippen LogP contribution in [0.15, 0.2) is 17.5 Å². The molecule has 1 rings (SSSR count). The summed E-state index contributed by atoms with van der Waals surface area (Å²) in [5.74, 6) is -0.500. The smallest absolute Gasteiger partial charge is 0.307 e. The number of nitrogens with two attached hydrogens (primary N) is 1. The van der Waals surface area contributed by atoms with Gasteiger partial charge in [0.2, 0.25) is 5.91 Å². The van der Waals surface area contributed by atoms with E-state index in [-0.39, 0.29) is 30.3 Å². The molecule has 1 unspecified atom stereocenters. The maximum absolute atomic E-state index is 12.1. The third-order valence-corrected chi connectivity index (χ3v) is 4.35. The molecule has 0 aliphatic rings. The summed E-state index contributed by atoms with van der Waals surface area (Å²) in [7, 11) is 1.33. The molecule has 3 atom stereocenters. The van der Waals surface area contributed by atoms with Gasteiger partial charge in [-0.25, -0.2) is 0 Å². The van der Waals surface area contributed by atoms with Gasteiger partial charge in [0, 0.05) is 4.88 Å². The van der Waals surface area contributed by atoms with Crippen molar-refractivity contribution in [3.63, 3.8) is 0 Å². The lowest BCUT2D eigenvalue weighted by Crippen LogP contribution is -2.46. The molecule has 112 valence electrons. The Labute approximate surface area is 123 Å². The highest BCUT2D eigenvalue weighted by atomic mass is 32.1. The molecule has 20 heavy (non-hydrogen) atoms. The third kappa shape index (κ3) is 4.61. The summed E-state index contributed by atoms with van der Waals surface area (Å²) in [4.78, 5) is 24.5. The van der Waals surface area contributed by atoms with Crippen LogP contribution in [0.2, 0.25) is 0 Å². The molecule has 5 nitrogen and oxygen atoms in total. The molecule has 1 aromatic rings. The second-order valence-electron chi connectivity index (χ2n) is 4.77. The van der Waals surface area contributed by atoms with Gasteiger partial charge in [-0.2, -0.15) is 0 Å². The predicted octanol–water partition coefficient (Wildman–Crippen LogP) is 1.84. The zero-order valence-electron chi connectivity index (χ0n) is 12.1. The molecule has 0 saturated carbocycles. The molecule has 0 saturated heterocycles. The van der Waals surface area contributed by atoms with Crippen LogP contribution in [0, 0.1) is 5.92 Å². The van der Waals surface area contributed by atoms with Crippen LogP contribution in [0.1, 0.15) is 37.6 Å². The number of methoxy groups -OCH3 is 1. The summed E-state index contributed by atoms with van der Waals surface area (Å²) >= 11 is 1.49. The van der Waals surface area contributed by atoms with Gasteiger partial charge in [-0.15, -0.1) is 11.3 Å². The monoisotopic (exact) mass is 298 g/mol. The molecule has 0 radical (unpaired) electrons. The highest BCUT2D eigenvalue weighted by Crippen LogP contribution is 2.23. The van der Waals surface area contributed by atoms with E-state index in [1.54, 1.807) is 0 Å². The number of thiophene rings is 1. The number of rotatable bonds is 7. The Balaban J connectivity index is 2.75. The number of hydrogen-bond donors (Lipinski definition) is 2. The Hall–Kier alpha value is -1.40. The first kappa shape index (κ1) is 16.7. The Bertz CT molecular complexity index is 434. The summed E-state index contributed by atoms with van der Waals surface area (Å²) in [5, 5.41) is 4.75. The number of esters is 1. The van der Waals surface area contributed by atoms with E-state index in [2.05, 4.69) is 10.1 Å². The van der Waals surface area contributed by atoms with Gasteiger partial charge in [0.05, 0.1) is 25.6 Å². The molecule has 0 bridgehead atoms. The van der Waals surface area contributed by atoms with E-state index in [9.17, 15) is 9.59 Å². The number of carbonyl (C=O) groups is 2. The Morgan fingerprint density at radius 1 is 1.50 bits per heavy atom. The zero-order chi connectivity index (χ0) is 15.1. The van der Waals surface area contributed by atoms with Crippen LogP contribution in [0.5, 0.6) is 0 Å². The van der Waals surface area contributed by atoms with Crippen LogP contribution in [0.25, 0.3) is 0 Å². The minimum Gasteiger partial charge on any atom is -0.469 e. The van der Waals surface area contributed by atoms with Gasteiger partial charge in [0.1, 0.15) is 0 Å². The van der Waals surface area contributed by atoms with E-state index in [1.165, 1.54) is 18.4 Å². The lowest BCUT2D eigenvalue weighted by Gasteiger charge is -2.22. The van der Waals surface area contributed by atoms with Crippen LogP contribution in [-0.2, 0) is 14.3 Å². The van der Waals surface area contributed by atoms with E-state index in [0.717, 1.165) is 11.3 Å². The van der Waals surface area contributed by atoms with Gasteiger partial charge < -0.3 is 15.8 Å². The molecule has 1 amide bonds. The quantitative estimate of drug-likeness (QED) is 0.753. The van der Waals surface area contributed by atoms with Crippen molar-refractivity contribution in [2.75, 3.05) is 7.11 Å². The molecule has 3 N–H and O–H groups in total. The Kier molecular flexibility index (Phi) is 6.67. The summed E-state index contributed by atoms with van der Waals surface area (Å²) in [6, 6.07) is 2.81. The predicted molar refractivity (Wildman–Crippen MR) is 79.3 cm³/mol. The number of hydrogen-bond acceptors (Lipinski definition) is 5. The molecule has 6 heteroatoms. The average Bonchev–Trinajstić information content (AvgIpc) is 2.98. The molecule has 0 aliphatic carbocycles. The van der Waals surface area contributed by atoms with Crippen molar-refractivity contribution in [1.82, 2.24) is 5.32 Å². The third-order valence-electron chi connectivity index (χ3n) is 3.36. The molecule has 1 aromatic heterocycles. The topological polar surface area (TPSA) is 81.4 Å². The van der Waals surface area contributed by atoms with E-state index in [0.29, 0.717) is 0 Å².